The first kappa shape index (κ1) is 18.6. The van der Waals surface area contributed by atoms with E-state index >= 15 is 0 Å². The van der Waals surface area contributed by atoms with Crippen LogP contribution in [0.1, 0.15) is 19.8 Å². The molecular formula is C13H19ClF2N2O2. The van der Waals surface area contributed by atoms with Crippen molar-refractivity contribution in [1.29, 1.82) is 0 Å². The minimum Gasteiger partial charge on any atom is -0.491 e. The van der Waals surface area contributed by atoms with E-state index in [1.807, 2.05) is 6.92 Å². The Morgan fingerprint density at radius 3 is 2.75 bits per heavy atom. The van der Waals surface area contributed by atoms with E-state index in [4.69, 9.17) is 10.5 Å². The molecule has 1 amide bonds. The predicted octanol–water partition coefficient (Wildman–Crippen LogP) is 2.01. The van der Waals surface area contributed by atoms with Crippen molar-refractivity contribution in [3.63, 3.8) is 0 Å². The zero-order valence-electron chi connectivity index (χ0n) is 11.2. The van der Waals surface area contributed by atoms with Crippen LogP contribution in [0.2, 0.25) is 0 Å². The van der Waals surface area contributed by atoms with Gasteiger partial charge in [0.25, 0.3) is 0 Å². The smallest absolute Gasteiger partial charge is 0.220 e. The summed E-state index contributed by atoms with van der Waals surface area (Å²) in [4.78, 5) is 11.4. The Morgan fingerprint density at radius 1 is 1.45 bits per heavy atom. The zero-order valence-corrected chi connectivity index (χ0v) is 12.0. The fourth-order valence-corrected chi connectivity index (χ4v) is 1.41. The summed E-state index contributed by atoms with van der Waals surface area (Å²) in [6.45, 7) is 2.37. The summed E-state index contributed by atoms with van der Waals surface area (Å²) in [7, 11) is 0. The number of carbonyl (C=O) groups excluding carboxylic acids is 1. The maximum absolute atomic E-state index is 13.2. The fourth-order valence-electron chi connectivity index (χ4n) is 1.41. The van der Waals surface area contributed by atoms with Crippen LogP contribution in [0.15, 0.2) is 18.2 Å². The summed E-state index contributed by atoms with van der Waals surface area (Å²) in [5.74, 6) is -1.54. The van der Waals surface area contributed by atoms with E-state index in [0.29, 0.717) is 13.0 Å². The van der Waals surface area contributed by atoms with Gasteiger partial charge in [-0.15, -0.1) is 12.4 Å². The Morgan fingerprint density at radius 2 is 2.15 bits per heavy atom. The summed E-state index contributed by atoms with van der Waals surface area (Å²) in [6, 6.07) is 3.03. The van der Waals surface area contributed by atoms with Crippen LogP contribution in [0.25, 0.3) is 0 Å². The highest BCUT2D eigenvalue weighted by Gasteiger charge is 2.07. The van der Waals surface area contributed by atoms with Crippen molar-refractivity contribution in [1.82, 2.24) is 5.32 Å². The molecule has 114 valence electrons. The van der Waals surface area contributed by atoms with Crippen LogP contribution >= 0.6 is 12.4 Å². The van der Waals surface area contributed by atoms with Crippen LogP contribution in [0.5, 0.6) is 5.75 Å². The molecule has 1 atom stereocenters. The van der Waals surface area contributed by atoms with Crippen molar-refractivity contribution >= 4 is 18.3 Å². The molecule has 1 aromatic carbocycles. The molecule has 20 heavy (non-hydrogen) atoms. The number of nitrogens with two attached hydrogens (primary N) is 1. The lowest BCUT2D eigenvalue weighted by Crippen LogP contribution is -2.37. The molecule has 0 saturated heterocycles. The number of hydrogen-bond donors (Lipinski definition) is 2. The topological polar surface area (TPSA) is 64.3 Å². The van der Waals surface area contributed by atoms with Gasteiger partial charge in [-0.2, -0.15) is 0 Å². The van der Waals surface area contributed by atoms with E-state index in [1.165, 1.54) is 6.07 Å². The van der Waals surface area contributed by atoms with Gasteiger partial charge in [0, 0.05) is 25.1 Å². The predicted molar refractivity (Wildman–Crippen MR) is 75.0 cm³/mol. The molecule has 1 aromatic rings. The highest BCUT2D eigenvalue weighted by molar-refractivity contribution is 5.85. The molecule has 3 N–H and O–H groups in total. The molecular weight excluding hydrogens is 290 g/mol. The van der Waals surface area contributed by atoms with Crippen molar-refractivity contribution in [2.24, 2.45) is 5.73 Å². The Bertz CT molecular complexity index is 433. The van der Waals surface area contributed by atoms with Gasteiger partial charge < -0.3 is 15.8 Å². The molecule has 0 fully saturated rings. The minimum atomic E-state index is -0.749. The van der Waals surface area contributed by atoms with Crippen LogP contribution in [0.4, 0.5) is 8.78 Å². The quantitative estimate of drug-likeness (QED) is 0.757. The van der Waals surface area contributed by atoms with Crippen LogP contribution in [-0.4, -0.2) is 25.1 Å². The molecule has 4 nitrogen and oxygen atoms in total. The van der Waals surface area contributed by atoms with Gasteiger partial charge >= 0.3 is 0 Å². The van der Waals surface area contributed by atoms with Gasteiger partial charge in [-0.1, -0.05) is 0 Å². The number of nitrogens with one attached hydrogen (secondary N) is 1. The standard InChI is InChI=1S/C13H18F2N2O2.ClH/c1-9(8-16)17-13(18)3-2-6-19-12-5-4-10(14)7-11(12)15;/h4-5,7,9H,2-3,6,8,16H2,1H3,(H,17,18);1H/t9-;/m0./s1. The number of benzene rings is 1. The third-order valence-electron chi connectivity index (χ3n) is 2.46. The van der Waals surface area contributed by atoms with Crippen molar-refractivity contribution in [2.45, 2.75) is 25.8 Å². The molecule has 0 spiro atoms. The van der Waals surface area contributed by atoms with Gasteiger partial charge in [0.2, 0.25) is 5.91 Å². The van der Waals surface area contributed by atoms with Crippen molar-refractivity contribution in [3.05, 3.63) is 29.8 Å². The molecule has 1 rings (SSSR count). The number of rotatable bonds is 7. The van der Waals surface area contributed by atoms with E-state index in [9.17, 15) is 13.6 Å². The molecule has 0 aliphatic heterocycles. The zero-order chi connectivity index (χ0) is 14.3. The maximum Gasteiger partial charge on any atom is 0.220 e. The molecule has 0 saturated carbocycles. The molecule has 0 aliphatic carbocycles. The minimum absolute atomic E-state index is 0. The van der Waals surface area contributed by atoms with Gasteiger partial charge in [0.15, 0.2) is 11.6 Å². The summed E-state index contributed by atoms with van der Waals surface area (Å²) in [5.41, 5.74) is 5.37. The maximum atomic E-state index is 13.2. The lowest BCUT2D eigenvalue weighted by Gasteiger charge is -2.11. The summed E-state index contributed by atoms with van der Waals surface area (Å²) in [5, 5.41) is 2.70. The number of amides is 1. The largest absolute Gasteiger partial charge is 0.491 e. The first-order chi connectivity index (χ1) is 9.02. The van der Waals surface area contributed by atoms with E-state index in [-0.39, 0.29) is 43.1 Å². The van der Waals surface area contributed by atoms with Crippen LogP contribution < -0.4 is 15.8 Å². The molecule has 0 bridgehead atoms. The SMILES string of the molecule is C[C@@H](CN)NC(=O)CCCOc1ccc(F)cc1F.Cl. The van der Waals surface area contributed by atoms with Gasteiger partial charge in [0.05, 0.1) is 6.61 Å². The first-order valence-electron chi connectivity index (χ1n) is 6.10. The number of ether oxygens (including phenoxy) is 1. The van der Waals surface area contributed by atoms with Crippen LogP contribution in [0, 0.1) is 11.6 Å². The Labute approximate surface area is 123 Å². The van der Waals surface area contributed by atoms with Gasteiger partial charge in [-0.05, 0) is 25.5 Å². The van der Waals surface area contributed by atoms with Crippen molar-refractivity contribution < 1.29 is 18.3 Å². The summed E-state index contributed by atoms with van der Waals surface area (Å²) in [6.07, 6.45) is 0.715. The molecule has 0 unspecified atom stereocenters. The third-order valence-corrected chi connectivity index (χ3v) is 2.46. The van der Waals surface area contributed by atoms with Gasteiger partial charge in [-0.25, -0.2) is 8.78 Å². The van der Waals surface area contributed by atoms with Crippen LogP contribution in [0.3, 0.4) is 0 Å². The van der Waals surface area contributed by atoms with Crippen molar-refractivity contribution in [2.75, 3.05) is 13.2 Å². The average molecular weight is 309 g/mol. The molecule has 0 aromatic heterocycles. The van der Waals surface area contributed by atoms with E-state index in [0.717, 1.165) is 12.1 Å². The molecule has 7 heteroatoms. The number of carbonyl (C=O) groups is 1. The Kier molecular flexibility index (Phi) is 8.83. The highest BCUT2D eigenvalue weighted by atomic mass is 35.5. The van der Waals surface area contributed by atoms with E-state index in [1.54, 1.807) is 0 Å². The Hall–Kier alpha value is -1.40. The van der Waals surface area contributed by atoms with Gasteiger partial charge in [-0.3, -0.25) is 4.79 Å². The van der Waals surface area contributed by atoms with E-state index in [2.05, 4.69) is 5.32 Å². The monoisotopic (exact) mass is 308 g/mol. The number of halogens is 3. The molecule has 0 radical (unpaired) electrons. The normalized spacial score (nSPS) is 11.4. The third kappa shape index (κ3) is 6.68. The fraction of sp³-hybridized carbons (Fsp3) is 0.462. The highest BCUT2D eigenvalue weighted by Crippen LogP contribution is 2.17. The second kappa shape index (κ2) is 9.50. The average Bonchev–Trinajstić information content (AvgIpc) is 2.36. The molecule has 0 heterocycles. The number of hydrogen-bond acceptors (Lipinski definition) is 3. The summed E-state index contributed by atoms with van der Waals surface area (Å²) >= 11 is 0. The van der Waals surface area contributed by atoms with E-state index < -0.39 is 11.6 Å². The lowest BCUT2D eigenvalue weighted by molar-refractivity contribution is -0.121. The second-order valence-electron chi connectivity index (χ2n) is 4.23. The Balaban J connectivity index is 0.00000361. The van der Waals surface area contributed by atoms with Crippen molar-refractivity contribution in [3.8, 4) is 5.75 Å². The lowest BCUT2D eigenvalue weighted by atomic mass is 10.2. The molecule has 0 aliphatic rings. The van der Waals surface area contributed by atoms with Gasteiger partial charge in [0.1, 0.15) is 5.82 Å². The first-order valence-corrected chi connectivity index (χ1v) is 6.10. The second-order valence-corrected chi connectivity index (χ2v) is 4.23. The van der Waals surface area contributed by atoms with Crippen LogP contribution in [-0.2, 0) is 4.79 Å². The summed E-state index contributed by atoms with van der Waals surface area (Å²) < 4.78 is 31.0.